The van der Waals surface area contributed by atoms with Gasteiger partial charge in [0.1, 0.15) is 17.2 Å². The zero-order valence-corrected chi connectivity index (χ0v) is 27.8. The molecule has 2 aliphatic heterocycles. The van der Waals surface area contributed by atoms with Gasteiger partial charge in [-0.25, -0.2) is 4.57 Å². The van der Waals surface area contributed by atoms with Crippen molar-refractivity contribution in [2.45, 2.75) is 79.2 Å². The van der Waals surface area contributed by atoms with Crippen LogP contribution in [0.2, 0.25) is 0 Å². The van der Waals surface area contributed by atoms with Crippen LogP contribution < -0.4 is 12.2 Å². The smallest absolute Gasteiger partial charge is 0.341 e. The topological polar surface area (TPSA) is 25.2 Å². The third kappa shape index (κ3) is 3.29. The van der Waals surface area contributed by atoms with Crippen LogP contribution in [0.25, 0.3) is 21.9 Å². The minimum absolute atomic E-state index is 0.0495. The highest BCUT2D eigenvalue weighted by Gasteiger charge is 2.78. The maximum Gasteiger partial charge on any atom is 0.341 e. The number of quaternary nitrogens is 1. The van der Waals surface area contributed by atoms with E-state index in [1.807, 2.05) is 0 Å². The molecule has 5 aromatic rings. The molecule has 0 radical (unpaired) electrons. The number of hydrogen-bond acceptors (Lipinski definition) is 2. The summed E-state index contributed by atoms with van der Waals surface area (Å²) in [6.07, 6.45) is 2.63. The predicted molar refractivity (Wildman–Crippen MR) is 177 cm³/mol. The molecule has 7 rings (SSSR count). The van der Waals surface area contributed by atoms with Gasteiger partial charge in [-0.2, -0.15) is 7.26 Å². The van der Waals surface area contributed by atoms with E-state index in [1.165, 1.54) is 44.8 Å². The highest BCUT2D eigenvalue weighted by molar-refractivity contribution is 14.1. The van der Waals surface area contributed by atoms with Crippen molar-refractivity contribution in [1.29, 1.82) is 0 Å². The molecule has 0 amide bonds. The summed E-state index contributed by atoms with van der Waals surface area (Å²) in [6.45, 7) is 18.9. The predicted octanol–water partition coefficient (Wildman–Crippen LogP) is 8.93. The van der Waals surface area contributed by atoms with Gasteiger partial charge in [0.05, 0.1) is 29.7 Å². The summed E-state index contributed by atoms with van der Waals surface area (Å²) in [7, 11) is 2.24. The van der Waals surface area contributed by atoms with Gasteiger partial charge >= 0.3 is 5.82 Å². The second kappa shape index (κ2) is 8.60. The van der Waals surface area contributed by atoms with Crippen LogP contribution in [0.4, 0.5) is 11.5 Å². The molecule has 2 unspecified atom stereocenters. The number of halogens is 1. The molecule has 3 atom stereocenters. The van der Waals surface area contributed by atoms with Crippen LogP contribution in [0.1, 0.15) is 76.1 Å². The van der Waals surface area contributed by atoms with Crippen LogP contribution in [0.5, 0.6) is 0 Å². The average Bonchev–Trinajstić information content (AvgIpc) is 3.44. The number of para-hydroxylation sites is 2. The Balaban J connectivity index is 1.53. The normalized spacial score (nSPS) is 23.3. The fourth-order valence-corrected chi connectivity index (χ4v) is 11.0. The fraction of sp³-hybridized carbons (Fsp3) is 0.400. The van der Waals surface area contributed by atoms with Crippen molar-refractivity contribution >= 4 is 56.3 Å². The highest BCUT2D eigenvalue weighted by atomic mass is 127. The Kier molecular flexibility index (Phi) is 5.67. The number of aryl methyl sites for hydroxylation is 1. The molecule has 212 valence electrons. The van der Waals surface area contributed by atoms with Crippen LogP contribution in [-0.2, 0) is 12.6 Å². The van der Waals surface area contributed by atoms with E-state index in [1.54, 1.807) is 0 Å². The third-order valence-corrected chi connectivity index (χ3v) is 11.7. The van der Waals surface area contributed by atoms with Gasteiger partial charge in [-0.1, -0.05) is 42.5 Å². The molecular weight excluding hydrogens is 619 g/mol. The van der Waals surface area contributed by atoms with E-state index in [0.717, 1.165) is 13.9 Å². The summed E-state index contributed by atoms with van der Waals surface area (Å²) in [5.41, 5.74) is 7.05. The molecule has 2 aliphatic rings. The lowest BCUT2D eigenvalue weighted by atomic mass is 9.63. The van der Waals surface area contributed by atoms with Crippen LogP contribution in [-0.4, -0.2) is 10.7 Å². The number of anilines is 1. The molecule has 5 nitrogen and oxygen atoms in total. The number of hydrogen-bond donors (Lipinski definition) is 0. The summed E-state index contributed by atoms with van der Waals surface area (Å²) in [6, 6.07) is 22.8. The first kappa shape index (κ1) is 27.0. The Morgan fingerprint density at radius 2 is 1.66 bits per heavy atom. The van der Waals surface area contributed by atoms with E-state index in [4.69, 9.17) is 4.42 Å². The van der Waals surface area contributed by atoms with E-state index in [2.05, 4.69) is 166 Å². The van der Waals surface area contributed by atoms with Gasteiger partial charge in [-0.3, -0.25) is 0 Å². The Labute approximate surface area is 257 Å². The lowest BCUT2D eigenvalue weighted by molar-refractivity contribution is -0.671. The van der Waals surface area contributed by atoms with Crippen molar-refractivity contribution in [3.05, 3.63) is 89.4 Å². The molecule has 6 heteroatoms. The number of fused-ring (bicyclic) bond motifs is 7. The van der Waals surface area contributed by atoms with Gasteiger partial charge in [-0.15, -0.1) is 0 Å². The van der Waals surface area contributed by atoms with E-state index >= 15 is 0 Å². The lowest BCUT2D eigenvalue weighted by Crippen LogP contribution is -2.83. The monoisotopic (exact) mass is 660 g/mol. The van der Waals surface area contributed by atoms with Crippen LogP contribution in [0.15, 0.2) is 71.3 Å². The molecule has 1 saturated heterocycles. The molecule has 2 aromatic heterocycles. The van der Waals surface area contributed by atoms with Crippen molar-refractivity contribution in [2.75, 3.05) is 4.90 Å². The number of furan rings is 1. The van der Waals surface area contributed by atoms with E-state index < -0.39 is 0 Å². The van der Waals surface area contributed by atoms with Crippen LogP contribution >= 0.6 is 22.9 Å². The van der Waals surface area contributed by atoms with Gasteiger partial charge in [-0.05, 0) is 77.8 Å². The van der Waals surface area contributed by atoms with Crippen LogP contribution in [0, 0.1) is 19.3 Å². The minimum Gasteiger partial charge on any atom is -0.456 e. The first-order valence-electron chi connectivity index (χ1n) is 14.8. The van der Waals surface area contributed by atoms with E-state index in [9.17, 15) is 0 Å². The first-order valence-corrected chi connectivity index (χ1v) is 15.7. The number of nitrogens with zero attached hydrogens (tertiary/aromatic N) is 4. The SMILES string of the molecule is Cc1ccc2oc3ccccc3c2c1C(C)(C)N1c2ccccc2[C@H]2C(C)(C)C1[N+]2(I)c1cn(C(C)C)c(C)[n+]1C. The van der Waals surface area contributed by atoms with Crippen molar-refractivity contribution in [2.24, 2.45) is 12.5 Å². The number of benzene rings is 3. The second-order valence-electron chi connectivity index (χ2n) is 13.6. The fourth-order valence-electron chi connectivity index (χ4n) is 8.52. The van der Waals surface area contributed by atoms with Crippen LogP contribution in [0.3, 0.4) is 0 Å². The molecule has 0 saturated carbocycles. The van der Waals surface area contributed by atoms with Gasteiger partial charge in [0.2, 0.25) is 0 Å². The number of aromatic nitrogens is 2. The molecule has 0 N–H and O–H groups in total. The average molecular weight is 661 g/mol. The van der Waals surface area contributed by atoms with E-state index in [-0.39, 0.29) is 17.1 Å². The minimum atomic E-state index is -0.331. The van der Waals surface area contributed by atoms with Crippen molar-refractivity contribution in [3.8, 4) is 0 Å². The first-order chi connectivity index (χ1) is 19.3. The van der Waals surface area contributed by atoms with Gasteiger partial charge in [0, 0.05) is 23.3 Å². The van der Waals surface area contributed by atoms with Gasteiger partial charge in [0.15, 0.2) is 12.4 Å². The molecular formula is C35H41IN4O+2. The highest BCUT2D eigenvalue weighted by Crippen LogP contribution is 2.70. The summed E-state index contributed by atoms with van der Waals surface area (Å²) in [5, 5.41) is 2.43. The zero-order chi connectivity index (χ0) is 29.2. The molecule has 0 spiro atoms. The lowest BCUT2D eigenvalue weighted by Gasteiger charge is -2.70. The summed E-state index contributed by atoms with van der Waals surface area (Å²) in [4.78, 5) is 2.76. The largest absolute Gasteiger partial charge is 0.456 e. The zero-order valence-electron chi connectivity index (χ0n) is 25.7. The molecule has 0 aliphatic carbocycles. The van der Waals surface area contributed by atoms with Gasteiger partial charge in [0.25, 0.3) is 28.7 Å². The Hall–Kier alpha value is -2.84. The van der Waals surface area contributed by atoms with Crippen molar-refractivity contribution in [1.82, 2.24) is 7.26 Å². The summed E-state index contributed by atoms with van der Waals surface area (Å²) in [5.74, 6) is 2.64. The van der Waals surface area contributed by atoms with Crippen molar-refractivity contribution < 1.29 is 8.98 Å². The molecule has 4 heterocycles. The molecule has 1 fully saturated rings. The summed E-state index contributed by atoms with van der Waals surface area (Å²) < 4.78 is 12.1. The third-order valence-electron chi connectivity index (χ3n) is 10.2. The second-order valence-corrected chi connectivity index (χ2v) is 15.2. The number of rotatable bonds is 4. The maximum absolute atomic E-state index is 6.41. The Morgan fingerprint density at radius 1 is 0.976 bits per heavy atom. The van der Waals surface area contributed by atoms with Gasteiger partial charge < -0.3 is 9.32 Å². The quantitative estimate of drug-likeness (QED) is 0.109. The maximum atomic E-state index is 6.41. The Bertz CT molecular complexity index is 1860. The summed E-state index contributed by atoms with van der Waals surface area (Å²) >= 11 is 2.79. The Morgan fingerprint density at radius 3 is 2.37 bits per heavy atom. The van der Waals surface area contributed by atoms with Crippen molar-refractivity contribution in [3.63, 3.8) is 0 Å². The number of imidazole rings is 1. The molecule has 41 heavy (non-hydrogen) atoms. The molecule has 3 aromatic carbocycles. The molecule has 2 bridgehead atoms. The van der Waals surface area contributed by atoms with E-state index in [0.29, 0.717) is 12.1 Å². The standard InChI is InChI=1S/C35H41IN4O/c1-21(2)38-20-29(37(9)23(38)4)40(36)32-24-14-10-12-16-26(24)39(33(40)34(32,5)6)35(7,8)31-22(3)18-19-28-30(31)25-15-11-13-17-27(25)41-28/h10-21,32-33H,1-9H3/q+2/t32-,33?,40?/m0/s1.